The Kier molecular flexibility index (Phi) is 1.67. The summed E-state index contributed by atoms with van der Waals surface area (Å²) in [6.45, 7) is 1.87. The lowest BCUT2D eigenvalue weighted by molar-refractivity contribution is -0.387. The van der Waals surface area contributed by atoms with E-state index in [2.05, 4.69) is 4.98 Å². The highest BCUT2D eigenvalue weighted by molar-refractivity contribution is 5.86. The predicted molar refractivity (Wildman–Crippen MR) is 34.7 cm³/mol. The molecule has 0 saturated carbocycles. The molecule has 0 unspecified atom stereocenters. The normalized spacial score (nSPS) is 9.30. The highest BCUT2D eigenvalue weighted by atomic mass is 16.4. The van der Waals surface area contributed by atoms with Gasteiger partial charge >= 0.3 is 5.97 Å². The number of aromatic carboxylic acids is 1. The summed E-state index contributed by atoms with van der Waals surface area (Å²) in [7, 11) is 0. The zero-order valence-electron chi connectivity index (χ0n) is 5.59. The van der Waals surface area contributed by atoms with Gasteiger partial charge in [-0.25, -0.2) is 9.78 Å². The van der Waals surface area contributed by atoms with Crippen LogP contribution in [0, 0.1) is 6.92 Å². The number of carbonyl (C=O) groups is 1. The van der Waals surface area contributed by atoms with Crippen molar-refractivity contribution in [2.45, 2.75) is 6.92 Å². The molecule has 0 spiro atoms. The molecule has 52 valence electrons. The van der Waals surface area contributed by atoms with Crippen LogP contribution in [0.3, 0.4) is 0 Å². The van der Waals surface area contributed by atoms with E-state index < -0.39 is 5.97 Å². The van der Waals surface area contributed by atoms with Gasteiger partial charge in [0.15, 0.2) is 11.9 Å². The largest absolute Gasteiger partial charge is 0.477 e. The molecule has 3 heteroatoms. The molecule has 0 aliphatic heterocycles. The van der Waals surface area contributed by atoms with Crippen molar-refractivity contribution >= 4 is 5.97 Å². The molecule has 0 aliphatic rings. The Morgan fingerprint density at radius 2 is 2.30 bits per heavy atom. The first-order valence-corrected chi connectivity index (χ1v) is 2.92. The number of hydrogen-bond donors (Lipinski definition) is 1. The van der Waals surface area contributed by atoms with Crippen LogP contribution in [0.5, 0.6) is 0 Å². The number of carboxylic acids is 1. The molecule has 1 rings (SSSR count). The maximum atomic E-state index is 10.3. The van der Waals surface area contributed by atoms with Crippen LogP contribution in [0.4, 0.5) is 0 Å². The van der Waals surface area contributed by atoms with Gasteiger partial charge in [0.1, 0.15) is 5.56 Å². The van der Waals surface area contributed by atoms with E-state index in [1.807, 2.05) is 6.92 Å². The lowest BCUT2D eigenvalue weighted by atomic mass is 10.3. The molecule has 0 atom stereocenters. The number of nitrogens with one attached hydrogen (secondary N) is 1. The SMILES string of the molecule is Cc1ccc(C(=O)O)c[nH+]1. The molecule has 0 aliphatic carbocycles. The maximum absolute atomic E-state index is 10.3. The standard InChI is InChI=1S/C7H7NO2/c1-5-2-3-6(4-8-5)7(9)10/h2-4H,1H3,(H,9,10)/p+1. The summed E-state index contributed by atoms with van der Waals surface area (Å²) in [6, 6.07) is 3.29. The lowest BCUT2D eigenvalue weighted by Gasteiger charge is -1.86. The van der Waals surface area contributed by atoms with Gasteiger partial charge in [-0.3, -0.25) is 0 Å². The van der Waals surface area contributed by atoms with Gasteiger partial charge in [0.2, 0.25) is 0 Å². The summed E-state index contributed by atoms with van der Waals surface area (Å²) in [5.41, 5.74) is 1.23. The molecule has 0 amide bonds. The van der Waals surface area contributed by atoms with E-state index in [0.29, 0.717) is 0 Å². The Morgan fingerprint density at radius 3 is 2.70 bits per heavy atom. The number of pyridine rings is 1. The third kappa shape index (κ3) is 1.31. The quantitative estimate of drug-likeness (QED) is 0.614. The smallest absolute Gasteiger partial charge is 0.341 e. The van der Waals surface area contributed by atoms with Crippen molar-refractivity contribution in [1.82, 2.24) is 0 Å². The van der Waals surface area contributed by atoms with Crippen molar-refractivity contribution < 1.29 is 14.9 Å². The molecule has 0 aromatic carbocycles. The summed E-state index contributed by atoms with van der Waals surface area (Å²) in [6.07, 6.45) is 1.47. The molecule has 0 fully saturated rings. The zero-order chi connectivity index (χ0) is 7.56. The van der Waals surface area contributed by atoms with E-state index in [-0.39, 0.29) is 5.56 Å². The third-order valence-electron chi connectivity index (χ3n) is 1.22. The minimum Gasteiger partial charge on any atom is -0.477 e. The second-order valence-electron chi connectivity index (χ2n) is 2.07. The van der Waals surface area contributed by atoms with Crippen molar-refractivity contribution in [3.63, 3.8) is 0 Å². The van der Waals surface area contributed by atoms with E-state index in [1.54, 1.807) is 12.1 Å². The number of aromatic nitrogens is 1. The molecular formula is C7H8NO2+. The fourth-order valence-electron chi connectivity index (χ4n) is 0.636. The lowest BCUT2D eigenvalue weighted by Crippen LogP contribution is -2.09. The molecule has 3 nitrogen and oxygen atoms in total. The van der Waals surface area contributed by atoms with E-state index in [0.717, 1.165) is 5.69 Å². The summed E-state index contributed by atoms with van der Waals surface area (Å²) < 4.78 is 0. The first-order valence-electron chi connectivity index (χ1n) is 2.92. The molecule has 0 radical (unpaired) electrons. The van der Waals surface area contributed by atoms with Crippen LogP contribution in [0.1, 0.15) is 16.1 Å². The van der Waals surface area contributed by atoms with E-state index in [4.69, 9.17) is 5.11 Å². The maximum Gasteiger partial charge on any atom is 0.341 e. The van der Waals surface area contributed by atoms with Gasteiger partial charge in [0.05, 0.1) is 0 Å². The first-order chi connectivity index (χ1) is 4.70. The summed E-state index contributed by atoms with van der Waals surface area (Å²) >= 11 is 0. The zero-order valence-corrected chi connectivity index (χ0v) is 5.59. The highest BCUT2D eigenvalue weighted by Crippen LogP contribution is 1.94. The number of aromatic amines is 1. The van der Waals surface area contributed by atoms with Crippen LogP contribution in [-0.4, -0.2) is 11.1 Å². The third-order valence-corrected chi connectivity index (χ3v) is 1.22. The van der Waals surface area contributed by atoms with Crippen molar-refractivity contribution in [3.05, 3.63) is 29.6 Å². The topological polar surface area (TPSA) is 51.4 Å². The van der Waals surface area contributed by atoms with Gasteiger partial charge in [-0.1, -0.05) is 0 Å². The van der Waals surface area contributed by atoms with Gasteiger partial charge in [0, 0.05) is 13.0 Å². The van der Waals surface area contributed by atoms with Gasteiger partial charge in [-0.15, -0.1) is 0 Å². The fraction of sp³-hybridized carbons (Fsp3) is 0.143. The molecule has 1 aromatic rings. The fourth-order valence-corrected chi connectivity index (χ4v) is 0.636. The summed E-state index contributed by atoms with van der Waals surface area (Å²) in [5.74, 6) is -0.906. The van der Waals surface area contributed by atoms with Crippen LogP contribution in [-0.2, 0) is 0 Å². The molecule has 2 N–H and O–H groups in total. The summed E-state index contributed by atoms with van der Waals surface area (Å²) in [4.78, 5) is 13.1. The number of H-pyrrole nitrogens is 1. The van der Waals surface area contributed by atoms with Gasteiger partial charge in [-0.2, -0.15) is 0 Å². The van der Waals surface area contributed by atoms with Gasteiger partial charge in [0.25, 0.3) is 0 Å². The van der Waals surface area contributed by atoms with Crippen LogP contribution >= 0.6 is 0 Å². The molecule has 0 bridgehead atoms. The van der Waals surface area contributed by atoms with Crippen LogP contribution in [0.15, 0.2) is 18.3 Å². The van der Waals surface area contributed by atoms with E-state index >= 15 is 0 Å². The van der Waals surface area contributed by atoms with Gasteiger partial charge in [-0.05, 0) is 6.07 Å². The monoisotopic (exact) mass is 138 g/mol. The average Bonchev–Trinajstić information content (AvgIpc) is 1.88. The first kappa shape index (κ1) is 6.74. The number of aryl methyl sites for hydroxylation is 1. The van der Waals surface area contributed by atoms with E-state index in [9.17, 15) is 4.79 Å². The molecule has 1 aromatic heterocycles. The van der Waals surface area contributed by atoms with Crippen molar-refractivity contribution in [1.29, 1.82) is 0 Å². The van der Waals surface area contributed by atoms with Crippen LogP contribution in [0.25, 0.3) is 0 Å². The number of carboxylic acid groups (broad SMARTS) is 1. The highest BCUT2D eigenvalue weighted by Gasteiger charge is 2.04. The van der Waals surface area contributed by atoms with Crippen LogP contribution < -0.4 is 4.98 Å². The van der Waals surface area contributed by atoms with Crippen LogP contribution in [0.2, 0.25) is 0 Å². The Morgan fingerprint density at radius 1 is 1.60 bits per heavy atom. The van der Waals surface area contributed by atoms with Crippen molar-refractivity contribution in [3.8, 4) is 0 Å². The van der Waals surface area contributed by atoms with Gasteiger partial charge < -0.3 is 5.11 Å². The minimum absolute atomic E-state index is 0.283. The second-order valence-corrected chi connectivity index (χ2v) is 2.07. The van der Waals surface area contributed by atoms with Crippen molar-refractivity contribution in [2.24, 2.45) is 0 Å². The molecule has 0 saturated heterocycles. The van der Waals surface area contributed by atoms with E-state index in [1.165, 1.54) is 6.20 Å². The number of rotatable bonds is 1. The minimum atomic E-state index is -0.906. The molecule has 10 heavy (non-hydrogen) atoms. The summed E-state index contributed by atoms with van der Waals surface area (Å²) in [5, 5.41) is 8.46. The Bertz CT molecular complexity index is 240. The Labute approximate surface area is 58.3 Å². The number of hydrogen-bond acceptors (Lipinski definition) is 1. The average molecular weight is 138 g/mol. The Hall–Kier alpha value is -1.38. The molecular weight excluding hydrogens is 130 g/mol. The van der Waals surface area contributed by atoms with Crippen molar-refractivity contribution in [2.75, 3.05) is 0 Å². The second kappa shape index (κ2) is 2.47. The predicted octanol–water partition coefficient (Wildman–Crippen LogP) is 0.507. The molecule has 1 heterocycles. The Balaban J connectivity index is 3.00.